The van der Waals surface area contributed by atoms with Gasteiger partial charge in [0.15, 0.2) is 0 Å². The summed E-state index contributed by atoms with van der Waals surface area (Å²) in [5.74, 6) is -0.408. The minimum atomic E-state index is -0.794. The average Bonchev–Trinajstić information content (AvgIpc) is 2.38. The number of rotatable bonds is 10. The molecule has 6 heteroatoms. The molecule has 6 nitrogen and oxygen atoms in total. The molecule has 0 bridgehead atoms. The van der Waals surface area contributed by atoms with Crippen molar-refractivity contribution in [3.63, 3.8) is 0 Å². The Kier molecular flexibility index (Phi) is 10.4. The minimum Gasteiger partial charge on any atom is -0.513 e. The number of carboxylic acids is 1. The lowest BCUT2D eigenvalue weighted by atomic mass is 10.1. The number of carboxylic acid groups (broad SMARTS) is 1. The fraction of sp³-hybridized carbons (Fsp3) is 0.588. The van der Waals surface area contributed by atoms with Gasteiger partial charge in [0.2, 0.25) is 0 Å². The number of hydrogen-bond donors (Lipinski definition) is 3. The molecule has 0 heterocycles. The highest BCUT2D eigenvalue weighted by molar-refractivity contribution is 5.93. The zero-order valence-corrected chi connectivity index (χ0v) is 14.4. The monoisotopic (exact) mass is 324 g/mol. The summed E-state index contributed by atoms with van der Waals surface area (Å²) < 4.78 is 0. The quantitative estimate of drug-likeness (QED) is 0.322. The summed E-state index contributed by atoms with van der Waals surface area (Å²) in [6.45, 7) is 7.23. The van der Waals surface area contributed by atoms with Gasteiger partial charge in [-0.3, -0.25) is 14.8 Å². The molecular formula is C17H28N2O4. The first-order chi connectivity index (χ1) is 10.7. The van der Waals surface area contributed by atoms with Gasteiger partial charge < -0.3 is 15.3 Å². The van der Waals surface area contributed by atoms with Gasteiger partial charge in [0.25, 0.3) is 0 Å². The van der Waals surface area contributed by atoms with Crippen molar-refractivity contribution in [1.29, 1.82) is 0 Å². The molecule has 1 unspecified atom stereocenters. The molecular weight excluding hydrogens is 296 g/mol. The second kappa shape index (κ2) is 11.5. The van der Waals surface area contributed by atoms with Crippen molar-refractivity contribution < 1.29 is 20.1 Å². The van der Waals surface area contributed by atoms with Crippen LogP contribution in [0.15, 0.2) is 33.7 Å². The van der Waals surface area contributed by atoms with Gasteiger partial charge in [-0.2, -0.15) is 0 Å². The van der Waals surface area contributed by atoms with Crippen LogP contribution in [0.4, 0.5) is 0 Å². The third-order valence-corrected chi connectivity index (χ3v) is 2.95. The van der Waals surface area contributed by atoms with E-state index < -0.39 is 5.97 Å². The summed E-state index contributed by atoms with van der Waals surface area (Å²) in [5, 5.41) is 27.2. The number of aliphatic carboxylic acids is 1. The van der Waals surface area contributed by atoms with Crippen LogP contribution in [0.5, 0.6) is 0 Å². The maximum absolute atomic E-state index is 10.5. The number of nitrogens with zero attached hydrogens (tertiary/aromatic N) is 2. The number of aliphatic imine (C=N–C) groups is 2. The Morgan fingerprint density at radius 1 is 0.957 bits per heavy atom. The predicted molar refractivity (Wildman–Crippen MR) is 93.7 cm³/mol. The van der Waals surface area contributed by atoms with Gasteiger partial charge in [-0.1, -0.05) is 6.42 Å². The number of aliphatic hydroxyl groups is 2. The Balaban J connectivity index is 4.82. The Bertz CT molecular complexity index is 497. The highest BCUT2D eigenvalue weighted by atomic mass is 16.4. The SMILES string of the molecule is CC(/C=C(/C)O)=NCC(CCCCC(=O)O)N=C(C)/C=C(/C)O. The van der Waals surface area contributed by atoms with Crippen molar-refractivity contribution in [2.75, 3.05) is 6.54 Å². The van der Waals surface area contributed by atoms with Crippen LogP contribution in [0.3, 0.4) is 0 Å². The van der Waals surface area contributed by atoms with Crippen LogP contribution in [0.25, 0.3) is 0 Å². The van der Waals surface area contributed by atoms with Crippen LogP contribution in [0, 0.1) is 0 Å². The van der Waals surface area contributed by atoms with Gasteiger partial charge in [0.1, 0.15) is 0 Å². The molecule has 0 saturated carbocycles. The third kappa shape index (κ3) is 13.3. The lowest BCUT2D eigenvalue weighted by Crippen LogP contribution is -2.13. The largest absolute Gasteiger partial charge is 0.513 e. The van der Waals surface area contributed by atoms with E-state index in [0.29, 0.717) is 24.4 Å². The summed E-state index contributed by atoms with van der Waals surface area (Å²) in [6, 6.07) is -0.0817. The average molecular weight is 324 g/mol. The number of carbonyl (C=O) groups is 1. The molecule has 0 saturated heterocycles. The van der Waals surface area contributed by atoms with E-state index in [1.807, 2.05) is 0 Å². The second-order valence-electron chi connectivity index (χ2n) is 5.62. The van der Waals surface area contributed by atoms with Gasteiger partial charge >= 0.3 is 5.97 Å². The molecule has 0 fully saturated rings. The molecule has 23 heavy (non-hydrogen) atoms. The van der Waals surface area contributed by atoms with Gasteiger partial charge in [0.05, 0.1) is 24.1 Å². The van der Waals surface area contributed by atoms with Gasteiger partial charge in [-0.15, -0.1) is 0 Å². The van der Waals surface area contributed by atoms with E-state index in [1.54, 1.807) is 39.8 Å². The number of unbranched alkanes of at least 4 members (excludes halogenated alkanes) is 1. The van der Waals surface area contributed by atoms with Crippen molar-refractivity contribution in [3.05, 3.63) is 23.7 Å². The van der Waals surface area contributed by atoms with Crippen LogP contribution < -0.4 is 0 Å². The summed E-state index contributed by atoms with van der Waals surface area (Å²) >= 11 is 0. The maximum Gasteiger partial charge on any atom is 0.303 e. The van der Waals surface area contributed by atoms with E-state index in [2.05, 4.69) is 9.98 Å². The number of hydrogen-bond acceptors (Lipinski definition) is 5. The van der Waals surface area contributed by atoms with Crippen LogP contribution in [-0.2, 0) is 4.79 Å². The smallest absolute Gasteiger partial charge is 0.303 e. The fourth-order valence-electron chi connectivity index (χ4n) is 2.08. The first-order valence-corrected chi connectivity index (χ1v) is 7.72. The lowest BCUT2D eigenvalue weighted by molar-refractivity contribution is -0.137. The Morgan fingerprint density at radius 2 is 1.52 bits per heavy atom. The first-order valence-electron chi connectivity index (χ1n) is 7.72. The van der Waals surface area contributed by atoms with E-state index in [1.165, 1.54) is 0 Å². The van der Waals surface area contributed by atoms with Crippen LogP contribution >= 0.6 is 0 Å². The van der Waals surface area contributed by atoms with Crippen molar-refractivity contribution in [1.82, 2.24) is 0 Å². The normalized spacial score (nSPS) is 15.7. The molecule has 0 aliphatic carbocycles. The van der Waals surface area contributed by atoms with E-state index in [9.17, 15) is 15.0 Å². The fourth-order valence-corrected chi connectivity index (χ4v) is 2.08. The van der Waals surface area contributed by atoms with Crippen LogP contribution in [-0.4, -0.2) is 45.3 Å². The summed E-state index contributed by atoms with van der Waals surface area (Å²) in [5.41, 5.74) is 1.41. The number of allylic oxidation sites excluding steroid dienone is 4. The molecule has 0 aromatic carbocycles. The molecule has 0 aromatic heterocycles. The van der Waals surface area contributed by atoms with Crippen LogP contribution in [0.2, 0.25) is 0 Å². The van der Waals surface area contributed by atoms with Crippen LogP contribution in [0.1, 0.15) is 53.4 Å². The summed E-state index contributed by atoms with van der Waals surface area (Å²) in [6.07, 6.45) is 5.39. The van der Waals surface area contributed by atoms with Gasteiger partial charge in [0, 0.05) is 17.8 Å². The van der Waals surface area contributed by atoms with Crippen molar-refractivity contribution in [3.8, 4) is 0 Å². The molecule has 0 aliphatic heterocycles. The molecule has 0 rings (SSSR count). The minimum absolute atomic E-state index is 0.0817. The topological polar surface area (TPSA) is 102 Å². The molecule has 130 valence electrons. The molecule has 0 radical (unpaired) electrons. The summed E-state index contributed by atoms with van der Waals surface area (Å²) in [7, 11) is 0. The maximum atomic E-state index is 10.5. The molecule has 1 atom stereocenters. The van der Waals surface area contributed by atoms with E-state index in [-0.39, 0.29) is 24.0 Å². The van der Waals surface area contributed by atoms with Crippen molar-refractivity contribution in [2.45, 2.75) is 59.4 Å². The van der Waals surface area contributed by atoms with E-state index in [0.717, 1.165) is 12.8 Å². The van der Waals surface area contributed by atoms with Crippen molar-refractivity contribution in [2.24, 2.45) is 9.98 Å². The Hall–Kier alpha value is -2.11. The summed E-state index contributed by atoms with van der Waals surface area (Å²) in [4.78, 5) is 19.5. The third-order valence-electron chi connectivity index (χ3n) is 2.95. The number of aliphatic hydroxyl groups excluding tert-OH is 2. The van der Waals surface area contributed by atoms with E-state index >= 15 is 0 Å². The standard InChI is InChI=1S/C17H28N2O4/c1-12(9-14(3)20)18-11-16(7-5-6-8-17(22)23)19-13(2)10-15(4)21/h9-10,16,20-21H,5-8,11H2,1-4H3,(H,22,23)/b14-9-,15-10-,18-12?,19-13?. The molecule has 0 aromatic rings. The highest BCUT2D eigenvalue weighted by Crippen LogP contribution is 2.09. The molecule has 0 amide bonds. The van der Waals surface area contributed by atoms with E-state index in [4.69, 9.17) is 5.11 Å². The Morgan fingerprint density at radius 3 is 2.04 bits per heavy atom. The van der Waals surface area contributed by atoms with Gasteiger partial charge in [-0.05, 0) is 52.7 Å². The van der Waals surface area contributed by atoms with Crippen molar-refractivity contribution >= 4 is 17.4 Å². The second-order valence-corrected chi connectivity index (χ2v) is 5.62. The molecule has 3 N–H and O–H groups in total. The lowest BCUT2D eigenvalue weighted by Gasteiger charge is -2.11. The predicted octanol–water partition coefficient (Wildman–Crippen LogP) is 3.85. The first kappa shape index (κ1) is 20.9. The van der Waals surface area contributed by atoms with Gasteiger partial charge in [-0.25, -0.2) is 0 Å². The zero-order valence-electron chi connectivity index (χ0n) is 14.4. The highest BCUT2D eigenvalue weighted by Gasteiger charge is 2.08. The Labute approximate surface area is 138 Å². The molecule has 0 spiro atoms. The zero-order chi connectivity index (χ0) is 17.8. The molecule has 0 aliphatic rings.